The van der Waals surface area contributed by atoms with Crippen molar-refractivity contribution >= 4 is 0 Å². The minimum absolute atomic E-state index is 0.841. The first-order chi connectivity index (χ1) is 7.75. The highest BCUT2D eigenvalue weighted by Crippen LogP contribution is 2.26. The van der Waals surface area contributed by atoms with E-state index in [9.17, 15) is 0 Å². The molecule has 0 amide bonds. The van der Waals surface area contributed by atoms with Gasteiger partial charge in [-0.2, -0.15) is 0 Å². The van der Waals surface area contributed by atoms with Crippen LogP contribution in [0.15, 0.2) is 18.2 Å². The van der Waals surface area contributed by atoms with Gasteiger partial charge in [0.05, 0.1) is 6.61 Å². The molecule has 88 valence electrons. The lowest BCUT2D eigenvalue weighted by molar-refractivity contribution is 0.357. The fourth-order valence-corrected chi connectivity index (χ4v) is 2.28. The van der Waals surface area contributed by atoms with Crippen LogP contribution in [-0.2, 0) is 12.8 Å². The Labute approximate surface area is 98.8 Å². The second-order valence-corrected chi connectivity index (χ2v) is 5.18. The Morgan fingerprint density at radius 1 is 1.25 bits per heavy atom. The van der Waals surface area contributed by atoms with Gasteiger partial charge in [0.15, 0.2) is 0 Å². The molecule has 0 unspecified atom stereocenters. The molecule has 1 aromatic rings. The van der Waals surface area contributed by atoms with E-state index in [1.54, 1.807) is 0 Å². The first-order valence-electron chi connectivity index (χ1n) is 6.50. The third-order valence-corrected chi connectivity index (χ3v) is 3.25. The van der Waals surface area contributed by atoms with Crippen LogP contribution in [0.25, 0.3) is 0 Å². The van der Waals surface area contributed by atoms with E-state index in [1.807, 2.05) is 0 Å². The summed E-state index contributed by atoms with van der Waals surface area (Å²) < 4.78 is 5.51. The SMILES string of the molecule is CC(C)CCCCc1ccc2c(c1)CCO2. The van der Waals surface area contributed by atoms with Crippen LogP contribution in [-0.4, -0.2) is 6.61 Å². The minimum atomic E-state index is 0.841. The Kier molecular flexibility index (Phi) is 3.87. The molecule has 0 fully saturated rings. The molecule has 1 heteroatoms. The summed E-state index contributed by atoms with van der Waals surface area (Å²) in [5.41, 5.74) is 2.88. The molecule has 0 aliphatic carbocycles. The number of aryl methyl sites for hydroxylation is 1. The zero-order valence-electron chi connectivity index (χ0n) is 10.5. The molecule has 0 radical (unpaired) electrons. The molecular formula is C15H22O. The second kappa shape index (κ2) is 5.38. The van der Waals surface area contributed by atoms with Crippen molar-refractivity contribution in [3.63, 3.8) is 0 Å². The predicted molar refractivity (Wildman–Crippen MR) is 68.0 cm³/mol. The molecule has 1 heterocycles. The third-order valence-electron chi connectivity index (χ3n) is 3.25. The highest BCUT2D eigenvalue weighted by molar-refractivity contribution is 5.39. The number of hydrogen-bond donors (Lipinski definition) is 0. The predicted octanol–water partition coefficient (Wildman–Crippen LogP) is 3.99. The average Bonchev–Trinajstić information content (AvgIpc) is 2.71. The van der Waals surface area contributed by atoms with Gasteiger partial charge in [-0.05, 0) is 36.0 Å². The molecular weight excluding hydrogens is 196 g/mol. The summed E-state index contributed by atoms with van der Waals surface area (Å²) in [6, 6.07) is 6.69. The number of benzene rings is 1. The molecule has 0 saturated carbocycles. The topological polar surface area (TPSA) is 9.23 Å². The van der Waals surface area contributed by atoms with E-state index in [0.717, 1.165) is 24.7 Å². The maximum atomic E-state index is 5.51. The zero-order chi connectivity index (χ0) is 11.4. The van der Waals surface area contributed by atoms with E-state index in [0.29, 0.717) is 0 Å². The highest BCUT2D eigenvalue weighted by Gasteiger charge is 2.11. The van der Waals surface area contributed by atoms with Crippen molar-refractivity contribution in [2.75, 3.05) is 6.61 Å². The van der Waals surface area contributed by atoms with Gasteiger partial charge in [0.1, 0.15) is 5.75 Å². The van der Waals surface area contributed by atoms with Crippen molar-refractivity contribution < 1.29 is 4.74 Å². The van der Waals surface area contributed by atoms with Crippen LogP contribution in [0, 0.1) is 5.92 Å². The van der Waals surface area contributed by atoms with Gasteiger partial charge in [0.25, 0.3) is 0 Å². The van der Waals surface area contributed by atoms with Crippen LogP contribution in [0.3, 0.4) is 0 Å². The Balaban J connectivity index is 1.81. The maximum absolute atomic E-state index is 5.51. The summed E-state index contributed by atoms with van der Waals surface area (Å²) >= 11 is 0. The third kappa shape index (κ3) is 3.01. The van der Waals surface area contributed by atoms with Crippen LogP contribution in [0.1, 0.15) is 44.2 Å². The Morgan fingerprint density at radius 3 is 2.94 bits per heavy atom. The monoisotopic (exact) mass is 218 g/mol. The summed E-state index contributed by atoms with van der Waals surface area (Å²) in [6.45, 7) is 5.46. The quantitative estimate of drug-likeness (QED) is 0.679. The summed E-state index contributed by atoms with van der Waals surface area (Å²) in [6.07, 6.45) is 6.34. The molecule has 1 aliphatic heterocycles. The molecule has 0 aromatic heterocycles. The van der Waals surface area contributed by atoms with Gasteiger partial charge in [-0.15, -0.1) is 0 Å². The van der Waals surface area contributed by atoms with E-state index in [2.05, 4.69) is 32.0 Å². The van der Waals surface area contributed by atoms with Gasteiger partial charge in [0, 0.05) is 6.42 Å². The molecule has 0 saturated heterocycles. The van der Waals surface area contributed by atoms with Gasteiger partial charge in [0.2, 0.25) is 0 Å². The molecule has 0 N–H and O–H groups in total. The van der Waals surface area contributed by atoms with Gasteiger partial charge in [-0.25, -0.2) is 0 Å². The fourth-order valence-electron chi connectivity index (χ4n) is 2.28. The largest absolute Gasteiger partial charge is 0.493 e. The number of ether oxygens (including phenoxy) is 1. The number of rotatable bonds is 5. The number of unbranched alkanes of at least 4 members (excludes halogenated alkanes) is 1. The van der Waals surface area contributed by atoms with Crippen LogP contribution >= 0.6 is 0 Å². The lowest BCUT2D eigenvalue weighted by atomic mass is 10.0. The van der Waals surface area contributed by atoms with Crippen LogP contribution in [0.4, 0.5) is 0 Å². The van der Waals surface area contributed by atoms with Crippen molar-refractivity contribution in [2.24, 2.45) is 5.92 Å². The van der Waals surface area contributed by atoms with Crippen LogP contribution < -0.4 is 4.74 Å². The molecule has 0 atom stereocenters. The summed E-state index contributed by atoms with van der Waals surface area (Å²) in [4.78, 5) is 0. The van der Waals surface area contributed by atoms with Crippen molar-refractivity contribution in [1.29, 1.82) is 0 Å². The highest BCUT2D eigenvalue weighted by atomic mass is 16.5. The fraction of sp³-hybridized carbons (Fsp3) is 0.600. The first-order valence-corrected chi connectivity index (χ1v) is 6.50. The van der Waals surface area contributed by atoms with Crippen LogP contribution in [0.5, 0.6) is 5.75 Å². The van der Waals surface area contributed by atoms with Crippen molar-refractivity contribution in [2.45, 2.75) is 46.0 Å². The number of hydrogen-bond acceptors (Lipinski definition) is 1. The van der Waals surface area contributed by atoms with Crippen LogP contribution in [0.2, 0.25) is 0 Å². The normalized spacial score (nSPS) is 13.9. The van der Waals surface area contributed by atoms with Gasteiger partial charge >= 0.3 is 0 Å². The molecule has 16 heavy (non-hydrogen) atoms. The van der Waals surface area contributed by atoms with E-state index >= 15 is 0 Å². The smallest absolute Gasteiger partial charge is 0.122 e. The second-order valence-electron chi connectivity index (χ2n) is 5.18. The van der Waals surface area contributed by atoms with E-state index in [1.165, 1.54) is 36.8 Å². The van der Waals surface area contributed by atoms with Crippen molar-refractivity contribution in [3.8, 4) is 5.75 Å². The van der Waals surface area contributed by atoms with E-state index < -0.39 is 0 Å². The van der Waals surface area contributed by atoms with Gasteiger partial charge in [-0.1, -0.05) is 38.8 Å². The molecule has 1 aliphatic rings. The van der Waals surface area contributed by atoms with E-state index in [4.69, 9.17) is 4.74 Å². The Hall–Kier alpha value is -0.980. The Bertz CT molecular complexity index is 341. The molecule has 0 bridgehead atoms. The van der Waals surface area contributed by atoms with Gasteiger partial charge in [-0.3, -0.25) is 0 Å². The number of fused-ring (bicyclic) bond motifs is 1. The maximum Gasteiger partial charge on any atom is 0.122 e. The average molecular weight is 218 g/mol. The Morgan fingerprint density at radius 2 is 2.12 bits per heavy atom. The molecule has 1 aromatic carbocycles. The minimum Gasteiger partial charge on any atom is -0.493 e. The van der Waals surface area contributed by atoms with Crippen molar-refractivity contribution in [1.82, 2.24) is 0 Å². The lowest BCUT2D eigenvalue weighted by Crippen LogP contribution is -1.91. The lowest BCUT2D eigenvalue weighted by Gasteiger charge is -2.06. The van der Waals surface area contributed by atoms with Crippen molar-refractivity contribution in [3.05, 3.63) is 29.3 Å². The molecule has 2 rings (SSSR count). The molecule has 1 nitrogen and oxygen atoms in total. The summed E-state index contributed by atoms with van der Waals surface area (Å²) in [5.74, 6) is 1.94. The van der Waals surface area contributed by atoms with Gasteiger partial charge < -0.3 is 4.74 Å². The molecule has 0 spiro atoms. The van der Waals surface area contributed by atoms with E-state index in [-0.39, 0.29) is 0 Å². The first kappa shape index (κ1) is 11.5. The standard InChI is InChI=1S/C15H22O/c1-12(2)5-3-4-6-13-7-8-15-14(11-13)9-10-16-15/h7-8,11-12H,3-6,9-10H2,1-2H3. The summed E-state index contributed by atoms with van der Waals surface area (Å²) in [5, 5.41) is 0. The summed E-state index contributed by atoms with van der Waals surface area (Å²) in [7, 11) is 0. The zero-order valence-corrected chi connectivity index (χ0v) is 10.5.